The zero-order chi connectivity index (χ0) is 15.3. The van der Waals surface area contributed by atoms with Crippen LogP contribution in [0.5, 0.6) is 0 Å². The van der Waals surface area contributed by atoms with Crippen molar-refractivity contribution in [3.63, 3.8) is 0 Å². The lowest BCUT2D eigenvalue weighted by Crippen LogP contribution is -2.42. The van der Waals surface area contributed by atoms with Crippen molar-refractivity contribution < 1.29 is 9.59 Å². The summed E-state index contributed by atoms with van der Waals surface area (Å²) in [7, 11) is 0. The van der Waals surface area contributed by atoms with Crippen molar-refractivity contribution in [2.45, 2.75) is 44.1 Å². The maximum Gasteiger partial charge on any atom is 0.223 e. The summed E-state index contributed by atoms with van der Waals surface area (Å²) >= 11 is 5.94. The van der Waals surface area contributed by atoms with E-state index in [0.717, 1.165) is 44.1 Å². The predicted molar refractivity (Wildman–Crippen MR) is 84.5 cm³/mol. The Morgan fingerprint density at radius 2 is 1.68 bits per heavy atom. The molecular weight excluding hydrogens is 298 g/mol. The van der Waals surface area contributed by atoms with Crippen molar-refractivity contribution in [3.8, 4) is 0 Å². The first-order chi connectivity index (χ1) is 10.6. The first-order valence-corrected chi connectivity index (χ1v) is 8.57. The van der Waals surface area contributed by atoms with Crippen LogP contribution >= 0.6 is 11.6 Å². The molecule has 4 heteroatoms. The van der Waals surface area contributed by atoms with Crippen LogP contribution in [-0.2, 0) is 15.1 Å². The van der Waals surface area contributed by atoms with Crippen LogP contribution in [0.1, 0.15) is 44.1 Å². The van der Waals surface area contributed by atoms with E-state index in [0.29, 0.717) is 10.8 Å². The number of halogens is 1. The summed E-state index contributed by atoms with van der Waals surface area (Å²) in [5.74, 6) is 0.833. The van der Waals surface area contributed by atoms with Gasteiger partial charge in [0.05, 0.1) is 5.54 Å². The van der Waals surface area contributed by atoms with Gasteiger partial charge in [0.25, 0.3) is 0 Å². The van der Waals surface area contributed by atoms with Crippen molar-refractivity contribution in [1.82, 2.24) is 5.32 Å². The van der Waals surface area contributed by atoms with Gasteiger partial charge in [-0.25, -0.2) is 0 Å². The van der Waals surface area contributed by atoms with Gasteiger partial charge < -0.3 is 5.32 Å². The Morgan fingerprint density at radius 1 is 1.09 bits per heavy atom. The van der Waals surface area contributed by atoms with Crippen molar-refractivity contribution in [2.75, 3.05) is 0 Å². The van der Waals surface area contributed by atoms with Crippen molar-refractivity contribution in [1.29, 1.82) is 0 Å². The Labute approximate surface area is 135 Å². The highest BCUT2D eigenvalue weighted by Gasteiger charge is 2.49. The highest BCUT2D eigenvalue weighted by Crippen LogP contribution is 2.47. The summed E-state index contributed by atoms with van der Waals surface area (Å²) in [5.41, 5.74) is 0.947. The fourth-order valence-corrected chi connectivity index (χ4v) is 4.33. The highest BCUT2D eigenvalue weighted by molar-refractivity contribution is 6.30. The van der Waals surface area contributed by atoms with Crippen LogP contribution in [0.25, 0.3) is 0 Å². The topological polar surface area (TPSA) is 46.2 Å². The van der Waals surface area contributed by atoms with Crippen LogP contribution in [0.3, 0.4) is 0 Å². The highest BCUT2D eigenvalue weighted by atomic mass is 35.5. The third kappa shape index (κ3) is 2.36. The Kier molecular flexibility index (Phi) is 3.30. The molecule has 0 radical (unpaired) electrons. The summed E-state index contributed by atoms with van der Waals surface area (Å²) < 4.78 is 0. The monoisotopic (exact) mass is 317 g/mol. The molecule has 3 aliphatic carbocycles. The number of benzene rings is 1. The molecule has 0 heterocycles. The van der Waals surface area contributed by atoms with Gasteiger partial charge >= 0.3 is 0 Å². The van der Waals surface area contributed by atoms with Crippen LogP contribution in [0.15, 0.2) is 24.3 Å². The average Bonchev–Trinajstić information content (AvgIpc) is 3.25. The third-order valence-corrected chi connectivity index (χ3v) is 5.94. The number of ketones is 1. The molecule has 0 aliphatic heterocycles. The van der Waals surface area contributed by atoms with Gasteiger partial charge in [-0.2, -0.15) is 0 Å². The number of rotatable bonds is 3. The van der Waals surface area contributed by atoms with Crippen molar-refractivity contribution in [2.24, 2.45) is 17.8 Å². The molecule has 22 heavy (non-hydrogen) atoms. The first-order valence-electron chi connectivity index (χ1n) is 8.19. The number of Topliss-reactive ketones (excluding diaryl/α,β-unsaturated/α-hetero) is 1. The number of hydrogen-bond acceptors (Lipinski definition) is 2. The number of carbonyl (C=O) groups is 2. The largest absolute Gasteiger partial charge is 0.346 e. The van der Waals surface area contributed by atoms with E-state index in [9.17, 15) is 9.59 Å². The maximum atomic E-state index is 12.7. The lowest BCUT2D eigenvalue weighted by atomic mass is 9.79. The minimum Gasteiger partial charge on any atom is -0.346 e. The van der Waals surface area contributed by atoms with Gasteiger partial charge in [-0.05, 0) is 56.2 Å². The van der Waals surface area contributed by atoms with E-state index in [1.54, 1.807) is 0 Å². The predicted octanol–water partition coefficient (Wildman–Crippen LogP) is 3.45. The molecule has 3 nitrogen and oxygen atoms in total. The molecule has 2 atom stereocenters. The van der Waals surface area contributed by atoms with Gasteiger partial charge in [-0.15, -0.1) is 0 Å². The number of hydrogen-bond donors (Lipinski definition) is 1. The molecule has 2 unspecified atom stereocenters. The molecule has 116 valence electrons. The first kappa shape index (κ1) is 14.3. The molecule has 3 fully saturated rings. The van der Waals surface area contributed by atoms with E-state index < -0.39 is 0 Å². The van der Waals surface area contributed by atoms with Crippen LogP contribution in [0.4, 0.5) is 0 Å². The van der Waals surface area contributed by atoms with Gasteiger partial charge in [0.2, 0.25) is 5.91 Å². The number of fused-ring (bicyclic) bond motifs is 2. The van der Waals surface area contributed by atoms with Gasteiger partial charge in [0.1, 0.15) is 5.78 Å². The number of carbonyl (C=O) groups excluding carboxylic acids is 2. The minimum atomic E-state index is -0.192. The molecule has 0 aromatic heterocycles. The molecule has 0 saturated heterocycles. The summed E-state index contributed by atoms with van der Waals surface area (Å²) in [6, 6.07) is 7.76. The Hall–Kier alpha value is -1.35. The molecule has 0 spiro atoms. The number of amides is 1. The van der Waals surface area contributed by atoms with Gasteiger partial charge in [0.15, 0.2) is 0 Å². The van der Waals surface area contributed by atoms with Crippen LogP contribution in [-0.4, -0.2) is 11.7 Å². The standard InChI is InChI=1S/C18H20ClNO2/c19-15-5-3-14(4-6-15)18(7-8-18)20-17(22)13-9-11-1-2-12(10-13)16(11)21/h3-6,11-13H,1-2,7-10H2,(H,20,22). The minimum absolute atomic E-state index is 0.0139. The lowest BCUT2D eigenvalue weighted by molar-refractivity contribution is -0.132. The normalized spacial score (nSPS) is 31.9. The van der Waals surface area contributed by atoms with Crippen LogP contribution in [0, 0.1) is 17.8 Å². The van der Waals surface area contributed by atoms with Crippen LogP contribution < -0.4 is 5.32 Å². The molecule has 3 saturated carbocycles. The van der Waals surface area contributed by atoms with Gasteiger partial charge in [0, 0.05) is 22.8 Å². The van der Waals surface area contributed by atoms with Gasteiger partial charge in [-0.3, -0.25) is 9.59 Å². The smallest absolute Gasteiger partial charge is 0.223 e. The van der Waals surface area contributed by atoms with E-state index in [1.807, 2.05) is 24.3 Å². The SMILES string of the molecule is O=C(NC1(c2ccc(Cl)cc2)CC1)C1CC2CCC(C1)C2=O. The molecule has 1 N–H and O–H groups in total. The fourth-order valence-electron chi connectivity index (χ4n) is 4.20. The summed E-state index contributed by atoms with van der Waals surface area (Å²) in [6.45, 7) is 0. The zero-order valence-electron chi connectivity index (χ0n) is 12.5. The Balaban J connectivity index is 1.46. The van der Waals surface area contributed by atoms with E-state index in [4.69, 9.17) is 11.6 Å². The maximum absolute atomic E-state index is 12.7. The summed E-state index contributed by atoms with van der Waals surface area (Å²) in [5, 5.41) is 3.98. The van der Waals surface area contributed by atoms with E-state index in [-0.39, 0.29) is 29.2 Å². The van der Waals surface area contributed by atoms with E-state index in [1.165, 1.54) is 0 Å². The Morgan fingerprint density at radius 3 is 2.23 bits per heavy atom. The second kappa shape index (κ2) is 5.09. The van der Waals surface area contributed by atoms with Gasteiger partial charge in [-0.1, -0.05) is 23.7 Å². The van der Waals surface area contributed by atoms with E-state index >= 15 is 0 Å². The molecular formula is C18H20ClNO2. The van der Waals surface area contributed by atoms with Crippen molar-refractivity contribution in [3.05, 3.63) is 34.9 Å². The quantitative estimate of drug-likeness (QED) is 0.928. The lowest BCUT2D eigenvalue weighted by Gasteiger charge is -2.28. The third-order valence-electron chi connectivity index (χ3n) is 5.69. The zero-order valence-corrected chi connectivity index (χ0v) is 13.2. The van der Waals surface area contributed by atoms with Crippen LogP contribution in [0.2, 0.25) is 5.02 Å². The Bertz CT molecular complexity index is 604. The molecule has 4 rings (SSSR count). The molecule has 2 bridgehead atoms. The average molecular weight is 318 g/mol. The number of nitrogens with one attached hydrogen (secondary N) is 1. The summed E-state index contributed by atoms with van der Waals surface area (Å²) in [6.07, 6.45) is 5.43. The molecule has 1 aromatic carbocycles. The van der Waals surface area contributed by atoms with Crippen molar-refractivity contribution >= 4 is 23.3 Å². The molecule has 1 amide bonds. The summed E-state index contributed by atoms with van der Waals surface area (Å²) in [4.78, 5) is 24.6. The fraction of sp³-hybridized carbons (Fsp3) is 0.556. The molecule has 3 aliphatic rings. The molecule has 1 aromatic rings. The second-order valence-corrected chi connectivity index (χ2v) is 7.56. The van der Waals surface area contributed by atoms with E-state index in [2.05, 4.69) is 5.32 Å². The second-order valence-electron chi connectivity index (χ2n) is 7.12.